The largest absolute Gasteiger partial charge is 0.480 e. The van der Waals surface area contributed by atoms with Crippen LogP contribution < -0.4 is 0 Å². The number of aliphatic carboxylic acids is 1. The summed E-state index contributed by atoms with van der Waals surface area (Å²) in [7, 11) is 0. The molecule has 2 rings (SSSR count). The van der Waals surface area contributed by atoms with E-state index >= 15 is 0 Å². The number of hydrogen-bond acceptors (Lipinski definition) is 3. The standard InChI is InChI=1S/C15H16BrNO3S/c1-2-14-17(12(9-21-14)15(19)20)13(18)7-6-10-4-3-5-11(16)8-10/h3-8,12,14H,2,9H2,1H3,(H,19,20). The lowest BCUT2D eigenvalue weighted by molar-refractivity contribution is -0.147. The zero-order valence-corrected chi connectivity index (χ0v) is 13.9. The number of carboxylic acid groups (broad SMARTS) is 1. The average molecular weight is 370 g/mol. The summed E-state index contributed by atoms with van der Waals surface area (Å²) < 4.78 is 0.934. The number of benzene rings is 1. The van der Waals surface area contributed by atoms with Crippen molar-refractivity contribution in [1.82, 2.24) is 4.90 Å². The third kappa shape index (κ3) is 3.89. The smallest absolute Gasteiger partial charge is 0.327 e. The van der Waals surface area contributed by atoms with Gasteiger partial charge < -0.3 is 10.0 Å². The Morgan fingerprint density at radius 2 is 2.29 bits per heavy atom. The average Bonchev–Trinajstić information content (AvgIpc) is 2.89. The molecule has 1 amide bonds. The Morgan fingerprint density at radius 3 is 2.90 bits per heavy atom. The summed E-state index contributed by atoms with van der Waals surface area (Å²) in [4.78, 5) is 25.1. The van der Waals surface area contributed by atoms with Crippen LogP contribution >= 0.6 is 27.7 Å². The van der Waals surface area contributed by atoms with Crippen LogP contribution in [-0.4, -0.2) is 39.1 Å². The second-order valence-corrected chi connectivity index (χ2v) is 6.81. The first-order valence-corrected chi connectivity index (χ1v) is 8.47. The molecule has 21 heavy (non-hydrogen) atoms. The molecule has 1 aliphatic heterocycles. The molecular formula is C15H16BrNO3S. The molecule has 0 aromatic heterocycles. The number of thioether (sulfide) groups is 1. The number of halogens is 1. The summed E-state index contributed by atoms with van der Waals surface area (Å²) in [6.45, 7) is 1.96. The quantitative estimate of drug-likeness (QED) is 0.827. The summed E-state index contributed by atoms with van der Waals surface area (Å²) in [5.74, 6) is -0.744. The molecule has 1 aliphatic rings. The van der Waals surface area contributed by atoms with Gasteiger partial charge in [0, 0.05) is 16.3 Å². The van der Waals surface area contributed by atoms with Crippen LogP contribution in [0.5, 0.6) is 0 Å². The lowest BCUT2D eigenvalue weighted by Gasteiger charge is -2.25. The first kappa shape index (κ1) is 16.1. The fourth-order valence-electron chi connectivity index (χ4n) is 2.23. The second kappa shape index (κ2) is 7.13. The first-order valence-electron chi connectivity index (χ1n) is 6.63. The van der Waals surface area contributed by atoms with Crippen LogP contribution in [0, 0.1) is 0 Å². The van der Waals surface area contributed by atoms with Crippen molar-refractivity contribution in [3.05, 3.63) is 40.4 Å². The van der Waals surface area contributed by atoms with Gasteiger partial charge in [0.25, 0.3) is 0 Å². The Bertz CT molecular complexity index is 576. The molecule has 2 atom stereocenters. The van der Waals surface area contributed by atoms with Crippen molar-refractivity contribution >= 4 is 45.6 Å². The fraction of sp³-hybridized carbons (Fsp3) is 0.333. The van der Waals surface area contributed by atoms with E-state index in [1.54, 1.807) is 6.08 Å². The number of rotatable bonds is 4. The topological polar surface area (TPSA) is 57.6 Å². The summed E-state index contributed by atoms with van der Waals surface area (Å²) in [5, 5.41) is 9.17. The zero-order valence-electron chi connectivity index (χ0n) is 11.5. The third-order valence-electron chi connectivity index (χ3n) is 3.25. The van der Waals surface area contributed by atoms with E-state index in [0.29, 0.717) is 5.75 Å². The number of amides is 1. The molecule has 1 aromatic rings. The van der Waals surface area contributed by atoms with E-state index in [1.807, 2.05) is 31.2 Å². The van der Waals surface area contributed by atoms with Crippen LogP contribution in [0.15, 0.2) is 34.8 Å². The summed E-state index contributed by atoms with van der Waals surface area (Å²) in [6.07, 6.45) is 3.90. The molecule has 1 N–H and O–H groups in total. The summed E-state index contributed by atoms with van der Waals surface area (Å²) in [5.41, 5.74) is 0.893. The molecule has 1 fully saturated rings. The summed E-state index contributed by atoms with van der Waals surface area (Å²) in [6, 6.07) is 6.84. The normalized spacial score (nSPS) is 21.9. The molecule has 112 valence electrons. The molecule has 6 heteroatoms. The van der Waals surface area contributed by atoms with Gasteiger partial charge in [0.05, 0.1) is 5.37 Å². The minimum atomic E-state index is -0.942. The van der Waals surface area contributed by atoms with Gasteiger partial charge in [-0.25, -0.2) is 4.79 Å². The van der Waals surface area contributed by atoms with Crippen molar-refractivity contribution in [2.45, 2.75) is 24.8 Å². The minimum Gasteiger partial charge on any atom is -0.480 e. The van der Waals surface area contributed by atoms with Crippen molar-refractivity contribution in [1.29, 1.82) is 0 Å². The van der Waals surface area contributed by atoms with Gasteiger partial charge in [0.1, 0.15) is 6.04 Å². The van der Waals surface area contributed by atoms with Crippen LogP contribution in [0.2, 0.25) is 0 Å². The lowest BCUT2D eigenvalue weighted by Crippen LogP contribution is -2.44. The van der Waals surface area contributed by atoms with E-state index in [2.05, 4.69) is 15.9 Å². The molecule has 1 saturated heterocycles. The number of carboxylic acids is 1. The Kier molecular flexibility index (Phi) is 5.47. The minimum absolute atomic E-state index is 0.0641. The van der Waals surface area contributed by atoms with Gasteiger partial charge in [0.15, 0.2) is 0 Å². The Hall–Kier alpha value is -1.27. The molecule has 4 nitrogen and oxygen atoms in total. The third-order valence-corrected chi connectivity index (χ3v) is 5.20. The van der Waals surface area contributed by atoms with E-state index in [9.17, 15) is 14.7 Å². The molecule has 1 heterocycles. The van der Waals surface area contributed by atoms with E-state index in [0.717, 1.165) is 16.5 Å². The molecule has 0 radical (unpaired) electrons. The number of hydrogen-bond donors (Lipinski definition) is 1. The van der Waals surface area contributed by atoms with Crippen molar-refractivity contribution < 1.29 is 14.7 Å². The van der Waals surface area contributed by atoms with Crippen LogP contribution in [0.3, 0.4) is 0 Å². The lowest BCUT2D eigenvalue weighted by atomic mass is 10.2. The zero-order chi connectivity index (χ0) is 15.4. The molecule has 0 saturated carbocycles. The molecule has 2 unspecified atom stereocenters. The summed E-state index contributed by atoms with van der Waals surface area (Å²) >= 11 is 4.90. The Labute approximate surface area is 136 Å². The van der Waals surface area contributed by atoms with Crippen LogP contribution in [0.4, 0.5) is 0 Å². The van der Waals surface area contributed by atoms with E-state index < -0.39 is 12.0 Å². The van der Waals surface area contributed by atoms with E-state index in [-0.39, 0.29) is 11.3 Å². The Balaban J connectivity index is 2.15. The second-order valence-electron chi connectivity index (χ2n) is 4.68. The van der Waals surface area contributed by atoms with Crippen LogP contribution in [0.1, 0.15) is 18.9 Å². The SMILES string of the molecule is CCC1SCC(C(=O)O)N1C(=O)C=Cc1cccc(Br)c1. The molecule has 0 bridgehead atoms. The van der Waals surface area contributed by atoms with Crippen molar-refractivity contribution in [2.75, 3.05) is 5.75 Å². The van der Waals surface area contributed by atoms with Crippen molar-refractivity contribution in [2.24, 2.45) is 0 Å². The van der Waals surface area contributed by atoms with Crippen LogP contribution in [-0.2, 0) is 9.59 Å². The molecular weight excluding hydrogens is 354 g/mol. The maximum Gasteiger partial charge on any atom is 0.327 e. The van der Waals surface area contributed by atoms with E-state index in [4.69, 9.17) is 0 Å². The Morgan fingerprint density at radius 1 is 1.52 bits per heavy atom. The highest BCUT2D eigenvalue weighted by molar-refractivity contribution is 9.10. The van der Waals surface area contributed by atoms with E-state index in [1.165, 1.54) is 22.7 Å². The van der Waals surface area contributed by atoms with Crippen molar-refractivity contribution in [3.63, 3.8) is 0 Å². The van der Waals surface area contributed by atoms with Gasteiger partial charge >= 0.3 is 5.97 Å². The van der Waals surface area contributed by atoms with Gasteiger partial charge in [-0.3, -0.25) is 4.79 Å². The number of carbonyl (C=O) groups is 2. The molecule has 0 spiro atoms. The number of nitrogens with zero attached hydrogens (tertiary/aromatic N) is 1. The highest BCUT2D eigenvalue weighted by Crippen LogP contribution is 2.31. The maximum absolute atomic E-state index is 12.3. The monoisotopic (exact) mass is 369 g/mol. The fourth-order valence-corrected chi connectivity index (χ4v) is 4.00. The van der Waals surface area contributed by atoms with Gasteiger partial charge in [-0.15, -0.1) is 11.8 Å². The van der Waals surface area contributed by atoms with Crippen LogP contribution in [0.25, 0.3) is 6.08 Å². The van der Waals surface area contributed by atoms with Gasteiger partial charge in [-0.1, -0.05) is 35.0 Å². The maximum atomic E-state index is 12.3. The molecule has 0 aliphatic carbocycles. The predicted molar refractivity (Wildman–Crippen MR) is 88.0 cm³/mol. The number of carbonyl (C=O) groups excluding carboxylic acids is 1. The highest BCUT2D eigenvalue weighted by Gasteiger charge is 2.39. The van der Waals surface area contributed by atoms with Gasteiger partial charge in [-0.2, -0.15) is 0 Å². The van der Waals surface area contributed by atoms with Gasteiger partial charge in [0.2, 0.25) is 5.91 Å². The van der Waals surface area contributed by atoms with Crippen molar-refractivity contribution in [3.8, 4) is 0 Å². The predicted octanol–water partition coefficient (Wildman–Crippen LogP) is 3.23. The first-order chi connectivity index (χ1) is 10.0. The van der Waals surface area contributed by atoms with Gasteiger partial charge in [-0.05, 0) is 30.2 Å². The molecule has 1 aromatic carbocycles. The highest BCUT2D eigenvalue weighted by atomic mass is 79.9.